The van der Waals surface area contributed by atoms with Gasteiger partial charge in [0.1, 0.15) is 0 Å². The predicted molar refractivity (Wildman–Crippen MR) is 108 cm³/mol. The molecule has 0 aliphatic carbocycles. The number of rotatable bonds is 6. The van der Waals surface area contributed by atoms with Crippen LogP contribution in [-0.4, -0.2) is 36.3 Å². The van der Waals surface area contributed by atoms with Crippen molar-refractivity contribution in [3.05, 3.63) is 51.9 Å². The smallest absolute Gasteiger partial charge is 0.291 e. The zero-order valence-corrected chi connectivity index (χ0v) is 16.9. The van der Waals surface area contributed by atoms with Gasteiger partial charge in [-0.2, -0.15) is 0 Å². The van der Waals surface area contributed by atoms with E-state index in [-0.39, 0.29) is 17.7 Å². The molecule has 7 heteroatoms. The molecule has 1 aromatic carbocycles. The first-order valence-electron chi connectivity index (χ1n) is 9.10. The average Bonchev–Trinajstić information content (AvgIpc) is 3.00. The third kappa shape index (κ3) is 5.20. The molecule has 27 heavy (non-hydrogen) atoms. The number of nitrogens with one attached hydrogen (secondary N) is 1. The fourth-order valence-corrected chi connectivity index (χ4v) is 3.84. The van der Waals surface area contributed by atoms with E-state index in [1.807, 2.05) is 31.2 Å². The van der Waals surface area contributed by atoms with Gasteiger partial charge in [0.05, 0.1) is 0 Å². The van der Waals surface area contributed by atoms with Crippen LogP contribution in [-0.2, 0) is 11.2 Å². The van der Waals surface area contributed by atoms with Crippen LogP contribution in [0.5, 0.6) is 0 Å². The Balaban J connectivity index is 1.48. The molecule has 3 N–H and O–H groups in total. The van der Waals surface area contributed by atoms with Crippen molar-refractivity contribution in [1.29, 1.82) is 0 Å². The van der Waals surface area contributed by atoms with Crippen molar-refractivity contribution in [1.82, 2.24) is 4.90 Å². The second-order valence-electron chi connectivity index (χ2n) is 6.98. The maximum Gasteiger partial charge on any atom is 0.291 e. The molecular formula is C20H24BrN3O3. The fraction of sp³-hybridized carbons (Fsp3) is 0.400. The maximum atomic E-state index is 12.3. The Hall–Kier alpha value is -2.12. The minimum Gasteiger partial charge on any atom is -0.444 e. The SMILES string of the molecule is Cc1cc(Br)oc1C(=O)Nc1ccc(CCN2CCC(C(N)=O)CC2)cc1. The van der Waals surface area contributed by atoms with Gasteiger partial charge in [-0.05, 0) is 79.0 Å². The van der Waals surface area contributed by atoms with Gasteiger partial charge >= 0.3 is 0 Å². The Morgan fingerprint density at radius 1 is 1.26 bits per heavy atom. The second-order valence-corrected chi connectivity index (χ2v) is 7.76. The Morgan fingerprint density at radius 3 is 2.48 bits per heavy atom. The number of aryl methyl sites for hydroxylation is 1. The highest BCUT2D eigenvalue weighted by Crippen LogP contribution is 2.21. The molecule has 1 aliphatic rings. The molecular weight excluding hydrogens is 410 g/mol. The lowest BCUT2D eigenvalue weighted by Crippen LogP contribution is -2.39. The third-order valence-electron chi connectivity index (χ3n) is 5.01. The molecule has 1 aromatic heterocycles. The van der Waals surface area contributed by atoms with Gasteiger partial charge < -0.3 is 20.4 Å². The normalized spacial score (nSPS) is 15.6. The minimum atomic E-state index is -0.261. The number of carbonyl (C=O) groups is 2. The van der Waals surface area contributed by atoms with E-state index in [0.717, 1.165) is 50.1 Å². The number of hydrogen-bond acceptors (Lipinski definition) is 4. The first kappa shape index (κ1) is 19.6. The number of furan rings is 1. The quantitative estimate of drug-likeness (QED) is 0.730. The zero-order chi connectivity index (χ0) is 19.4. The number of primary amides is 1. The molecule has 2 heterocycles. The molecule has 0 radical (unpaired) electrons. The van der Waals surface area contributed by atoms with Gasteiger partial charge in [-0.15, -0.1) is 0 Å². The molecule has 0 spiro atoms. The summed E-state index contributed by atoms with van der Waals surface area (Å²) in [5, 5.41) is 2.85. The van der Waals surface area contributed by atoms with Crippen LogP contribution >= 0.6 is 15.9 Å². The van der Waals surface area contributed by atoms with Crippen molar-refractivity contribution in [3.8, 4) is 0 Å². The molecule has 6 nitrogen and oxygen atoms in total. The van der Waals surface area contributed by atoms with Gasteiger partial charge in [0.15, 0.2) is 10.4 Å². The standard InChI is InChI=1S/C20H24BrN3O3/c1-13-12-17(21)27-18(13)20(26)23-16-4-2-14(3-5-16)6-9-24-10-7-15(8-11-24)19(22)25/h2-5,12,15H,6-11H2,1H3,(H2,22,25)(H,23,26). The van der Waals surface area contributed by atoms with E-state index >= 15 is 0 Å². The summed E-state index contributed by atoms with van der Waals surface area (Å²) in [4.78, 5) is 25.9. The van der Waals surface area contributed by atoms with Crippen LogP contribution in [0.4, 0.5) is 5.69 Å². The molecule has 1 fully saturated rings. The molecule has 0 saturated carbocycles. The van der Waals surface area contributed by atoms with E-state index < -0.39 is 0 Å². The van der Waals surface area contributed by atoms with Gasteiger partial charge in [-0.3, -0.25) is 9.59 Å². The first-order valence-corrected chi connectivity index (χ1v) is 9.89. The van der Waals surface area contributed by atoms with Crippen LogP contribution in [0.15, 0.2) is 39.4 Å². The van der Waals surface area contributed by atoms with Crippen molar-refractivity contribution >= 4 is 33.4 Å². The van der Waals surface area contributed by atoms with Crippen LogP contribution in [0.25, 0.3) is 0 Å². The summed E-state index contributed by atoms with van der Waals surface area (Å²) in [6.45, 7) is 4.62. The third-order valence-corrected chi connectivity index (χ3v) is 5.40. The summed E-state index contributed by atoms with van der Waals surface area (Å²) >= 11 is 3.23. The highest BCUT2D eigenvalue weighted by Gasteiger charge is 2.22. The van der Waals surface area contributed by atoms with Gasteiger partial charge in [0.25, 0.3) is 5.91 Å². The van der Waals surface area contributed by atoms with Crippen LogP contribution in [0.1, 0.15) is 34.5 Å². The fourth-order valence-electron chi connectivity index (χ4n) is 3.34. The van der Waals surface area contributed by atoms with Crippen molar-refractivity contribution in [3.63, 3.8) is 0 Å². The first-order chi connectivity index (χ1) is 12.9. The number of halogens is 1. The summed E-state index contributed by atoms with van der Waals surface area (Å²) in [6, 6.07) is 9.62. The Bertz CT molecular complexity index is 808. The van der Waals surface area contributed by atoms with Gasteiger partial charge in [0, 0.05) is 23.7 Å². The van der Waals surface area contributed by atoms with E-state index in [2.05, 4.69) is 26.1 Å². The summed E-state index contributed by atoms with van der Waals surface area (Å²) in [7, 11) is 0. The monoisotopic (exact) mass is 433 g/mol. The lowest BCUT2D eigenvalue weighted by molar-refractivity contribution is -0.123. The van der Waals surface area contributed by atoms with Gasteiger partial charge in [0.2, 0.25) is 5.91 Å². The number of likely N-dealkylation sites (tertiary alicyclic amines) is 1. The molecule has 3 rings (SSSR count). The Kier molecular flexibility index (Phi) is 6.34. The molecule has 0 unspecified atom stereocenters. The van der Waals surface area contributed by atoms with Crippen molar-refractivity contribution < 1.29 is 14.0 Å². The van der Waals surface area contributed by atoms with Crippen LogP contribution < -0.4 is 11.1 Å². The number of carbonyl (C=O) groups excluding carboxylic acids is 2. The Labute approximate surface area is 167 Å². The molecule has 1 saturated heterocycles. The van der Waals surface area contributed by atoms with Gasteiger partial charge in [-0.25, -0.2) is 0 Å². The number of nitrogens with zero attached hydrogens (tertiary/aromatic N) is 1. The topological polar surface area (TPSA) is 88.6 Å². The molecule has 0 atom stereocenters. The number of piperidine rings is 1. The lowest BCUT2D eigenvalue weighted by atomic mass is 9.96. The summed E-state index contributed by atoms with van der Waals surface area (Å²) < 4.78 is 5.91. The highest BCUT2D eigenvalue weighted by molar-refractivity contribution is 9.10. The predicted octanol–water partition coefficient (Wildman–Crippen LogP) is 3.34. The number of anilines is 1. The van der Waals surface area contributed by atoms with Crippen molar-refractivity contribution in [2.75, 3.05) is 25.0 Å². The number of amides is 2. The lowest BCUT2D eigenvalue weighted by Gasteiger charge is -2.30. The molecule has 144 valence electrons. The molecule has 2 aromatic rings. The minimum absolute atomic E-state index is 0.0302. The molecule has 1 aliphatic heterocycles. The highest BCUT2D eigenvalue weighted by atomic mass is 79.9. The van der Waals surface area contributed by atoms with E-state index in [1.165, 1.54) is 5.56 Å². The molecule has 2 amide bonds. The number of nitrogens with two attached hydrogens (primary N) is 1. The van der Waals surface area contributed by atoms with Crippen molar-refractivity contribution in [2.45, 2.75) is 26.2 Å². The van der Waals surface area contributed by atoms with E-state index in [1.54, 1.807) is 6.07 Å². The van der Waals surface area contributed by atoms with Crippen molar-refractivity contribution in [2.24, 2.45) is 11.7 Å². The molecule has 0 bridgehead atoms. The van der Waals surface area contributed by atoms with Crippen LogP contribution in [0.3, 0.4) is 0 Å². The zero-order valence-electron chi connectivity index (χ0n) is 15.3. The van der Waals surface area contributed by atoms with E-state index in [9.17, 15) is 9.59 Å². The number of hydrogen-bond donors (Lipinski definition) is 2. The Morgan fingerprint density at radius 2 is 1.93 bits per heavy atom. The summed E-state index contributed by atoms with van der Waals surface area (Å²) in [5.74, 6) is -0.0967. The second kappa shape index (κ2) is 8.71. The average molecular weight is 434 g/mol. The summed E-state index contributed by atoms with van der Waals surface area (Å²) in [5.41, 5.74) is 8.11. The maximum absolute atomic E-state index is 12.3. The largest absolute Gasteiger partial charge is 0.444 e. The van der Waals surface area contributed by atoms with Crippen LogP contribution in [0.2, 0.25) is 0 Å². The van der Waals surface area contributed by atoms with E-state index in [0.29, 0.717) is 10.4 Å². The van der Waals surface area contributed by atoms with Gasteiger partial charge in [-0.1, -0.05) is 12.1 Å². The number of benzene rings is 1. The van der Waals surface area contributed by atoms with Crippen LogP contribution in [0, 0.1) is 12.8 Å². The van der Waals surface area contributed by atoms with E-state index in [4.69, 9.17) is 10.2 Å². The summed E-state index contributed by atoms with van der Waals surface area (Å²) in [6.07, 6.45) is 2.63.